The number of benzene rings is 4. The van der Waals surface area contributed by atoms with E-state index in [0.717, 1.165) is 19.3 Å². The summed E-state index contributed by atoms with van der Waals surface area (Å²) in [6, 6.07) is 45.1. The largest absolute Gasteiger partial charge is 0.0882 e. The second-order valence-corrected chi connectivity index (χ2v) is 14.3. The average molecular weight is 519 g/mol. The van der Waals surface area contributed by atoms with Gasteiger partial charge in [-0.1, -0.05) is 145 Å². The van der Waals surface area contributed by atoms with Gasteiger partial charge >= 0.3 is 0 Å². The van der Waals surface area contributed by atoms with Gasteiger partial charge in [-0.15, -0.1) is 0 Å². The Morgan fingerprint density at radius 1 is 0.514 bits per heavy atom. The van der Waals surface area contributed by atoms with E-state index in [1.165, 1.54) is 40.2 Å². The molecule has 0 spiro atoms. The summed E-state index contributed by atoms with van der Waals surface area (Å²) >= 11 is 0. The van der Waals surface area contributed by atoms with Crippen molar-refractivity contribution in [1.29, 1.82) is 0 Å². The summed E-state index contributed by atoms with van der Waals surface area (Å²) in [5.74, 6) is 0. The van der Waals surface area contributed by atoms with Crippen LogP contribution in [0, 0.1) is 0 Å². The second-order valence-electron chi connectivity index (χ2n) is 9.53. The van der Waals surface area contributed by atoms with Crippen molar-refractivity contribution in [3.63, 3.8) is 0 Å². The van der Waals surface area contributed by atoms with Crippen LogP contribution in [0.4, 0.5) is 0 Å². The molecular weight excluding hydrogens is 482 g/mol. The SMILES string of the molecule is C1=CCCC(C(CCP(c2ccccc2)c2ccccc2)P(c2ccccc2)c2ccccc2)=CCC1. The van der Waals surface area contributed by atoms with Gasteiger partial charge < -0.3 is 0 Å². The van der Waals surface area contributed by atoms with Gasteiger partial charge in [-0.2, -0.15) is 0 Å². The maximum atomic E-state index is 2.60. The highest BCUT2D eigenvalue weighted by Gasteiger charge is 2.29. The lowest BCUT2D eigenvalue weighted by Gasteiger charge is -2.33. The molecule has 1 atom stereocenters. The number of allylic oxidation sites excluding steroid dienone is 4. The Labute approximate surface area is 225 Å². The molecule has 186 valence electrons. The Bertz CT molecular complexity index is 1190. The van der Waals surface area contributed by atoms with Crippen molar-refractivity contribution in [2.75, 3.05) is 6.16 Å². The molecule has 0 amide bonds. The van der Waals surface area contributed by atoms with E-state index in [0.29, 0.717) is 5.66 Å². The number of hydrogen-bond acceptors (Lipinski definition) is 0. The van der Waals surface area contributed by atoms with Crippen molar-refractivity contribution in [3.8, 4) is 0 Å². The fourth-order valence-electron chi connectivity index (χ4n) is 5.30. The van der Waals surface area contributed by atoms with Crippen molar-refractivity contribution in [1.82, 2.24) is 0 Å². The van der Waals surface area contributed by atoms with Gasteiger partial charge in [-0.05, 0) is 75.3 Å². The third kappa shape index (κ3) is 6.96. The van der Waals surface area contributed by atoms with Crippen molar-refractivity contribution in [3.05, 3.63) is 145 Å². The molecule has 4 aromatic carbocycles. The van der Waals surface area contributed by atoms with Crippen LogP contribution in [0.2, 0.25) is 0 Å². The molecule has 0 fully saturated rings. The molecule has 0 bridgehead atoms. The van der Waals surface area contributed by atoms with Gasteiger partial charge in [-0.25, -0.2) is 0 Å². The van der Waals surface area contributed by atoms with Gasteiger partial charge in [0.2, 0.25) is 0 Å². The number of rotatable bonds is 9. The summed E-state index contributed by atoms with van der Waals surface area (Å²) in [5, 5.41) is 5.97. The zero-order valence-corrected chi connectivity index (χ0v) is 23.3. The predicted molar refractivity (Wildman–Crippen MR) is 167 cm³/mol. The fourth-order valence-corrected chi connectivity index (χ4v) is 10.9. The minimum absolute atomic E-state index is 0.410. The fraction of sp³-hybridized carbons (Fsp3) is 0.200. The van der Waals surface area contributed by atoms with Crippen LogP contribution in [-0.4, -0.2) is 11.8 Å². The van der Waals surface area contributed by atoms with E-state index >= 15 is 0 Å². The van der Waals surface area contributed by atoms with E-state index in [4.69, 9.17) is 0 Å². The molecule has 4 aromatic rings. The van der Waals surface area contributed by atoms with Crippen LogP contribution in [-0.2, 0) is 0 Å². The van der Waals surface area contributed by atoms with E-state index in [-0.39, 0.29) is 0 Å². The number of hydrogen-bond donors (Lipinski definition) is 0. The van der Waals surface area contributed by atoms with Crippen LogP contribution in [0.1, 0.15) is 32.1 Å². The second kappa shape index (κ2) is 13.7. The quantitative estimate of drug-likeness (QED) is 0.155. The highest BCUT2D eigenvalue weighted by Crippen LogP contribution is 2.48. The third-order valence-electron chi connectivity index (χ3n) is 7.08. The standard InChI is InChI=1S/C35H36P2/c1-2-8-18-30(19-9-3-1)35(37(33-24-14-6-15-25-33)34-26-16-7-17-27-34)28-29-36(31-20-10-4-11-21-31)32-22-12-5-13-23-32/h1-2,4-7,10-17,19-27,35H,3,8-9,18,28-29H2. The van der Waals surface area contributed by atoms with Crippen molar-refractivity contribution in [2.45, 2.75) is 37.8 Å². The summed E-state index contributed by atoms with van der Waals surface area (Å²) in [6.45, 7) is 0. The smallest absolute Gasteiger partial charge is 0.00845 e. The molecule has 0 aliphatic heterocycles. The topological polar surface area (TPSA) is 0 Å². The first kappa shape index (κ1) is 25.9. The predicted octanol–water partition coefficient (Wildman–Crippen LogP) is 8.07. The molecule has 0 aromatic heterocycles. The molecule has 1 unspecified atom stereocenters. The maximum Gasteiger partial charge on any atom is 0.00845 e. The molecule has 0 saturated heterocycles. The van der Waals surface area contributed by atoms with Crippen LogP contribution < -0.4 is 21.2 Å². The normalized spacial score (nSPS) is 14.7. The lowest BCUT2D eigenvalue weighted by Crippen LogP contribution is -2.26. The van der Waals surface area contributed by atoms with Crippen LogP contribution >= 0.6 is 15.8 Å². The molecule has 0 saturated carbocycles. The van der Waals surface area contributed by atoms with Crippen molar-refractivity contribution < 1.29 is 0 Å². The zero-order chi connectivity index (χ0) is 25.1. The third-order valence-corrected chi connectivity index (χ3v) is 12.5. The van der Waals surface area contributed by atoms with Crippen LogP contribution in [0.25, 0.3) is 0 Å². The summed E-state index contributed by atoms with van der Waals surface area (Å²) in [5.41, 5.74) is 2.22. The molecular formula is C35H36P2. The Morgan fingerprint density at radius 3 is 1.49 bits per heavy atom. The van der Waals surface area contributed by atoms with Crippen LogP contribution in [0.5, 0.6) is 0 Å². The average Bonchev–Trinajstić information content (AvgIpc) is 2.95. The van der Waals surface area contributed by atoms with Gasteiger partial charge in [-0.3, -0.25) is 0 Å². The molecule has 0 heterocycles. The Balaban J connectivity index is 1.54. The first-order chi connectivity index (χ1) is 18.4. The van der Waals surface area contributed by atoms with Gasteiger partial charge in [0.05, 0.1) is 0 Å². The first-order valence-electron chi connectivity index (χ1n) is 13.5. The van der Waals surface area contributed by atoms with E-state index in [1.54, 1.807) is 5.57 Å². The Hall–Kier alpha value is -2.78. The Morgan fingerprint density at radius 2 is 0.973 bits per heavy atom. The van der Waals surface area contributed by atoms with Crippen LogP contribution in [0.15, 0.2) is 145 Å². The molecule has 0 nitrogen and oxygen atoms in total. The minimum Gasteiger partial charge on any atom is -0.0882 e. The van der Waals surface area contributed by atoms with Crippen molar-refractivity contribution >= 4 is 37.1 Å². The lowest BCUT2D eigenvalue weighted by atomic mass is 10.00. The van der Waals surface area contributed by atoms with E-state index < -0.39 is 15.8 Å². The van der Waals surface area contributed by atoms with Gasteiger partial charge in [0.25, 0.3) is 0 Å². The van der Waals surface area contributed by atoms with E-state index in [1.807, 2.05) is 0 Å². The summed E-state index contributed by atoms with van der Waals surface area (Å²) < 4.78 is 0. The van der Waals surface area contributed by atoms with Gasteiger partial charge in [0.15, 0.2) is 0 Å². The highest BCUT2D eigenvalue weighted by atomic mass is 31.1. The maximum absolute atomic E-state index is 2.60. The lowest BCUT2D eigenvalue weighted by molar-refractivity contribution is 0.817. The van der Waals surface area contributed by atoms with E-state index in [2.05, 4.69) is 140 Å². The summed E-state index contributed by atoms with van der Waals surface area (Å²) in [7, 11) is -0.918. The van der Waals surface area contributed by atoms with Gasteiger partial charge in [0.1, 0.15) is 0 Å². The molecule has 1 aliphatic carbocycles. The molecule has 37 heavy (non-hydrogen) atoms. The summed E-state index contributed by atoms with van der Waals surface area (Å²) in [6.07, 6.45) is 14.4. The molecule has 5 rings (SSSR count). The first-order valence-corrected chi connectivity index (χ1v) is 16.4. The molecule has 0 radical (unpaired) electrons. The highest BCUT2D eigenvalue weighted by molar-refractivity contribution is 7.74. The molecule has 0 N–H and O–H groups in total. The minimum atomic E-state index is -0.508. The van der Waals surface area contributed by atoms with Gasteiger partial charge in [0, 0.05) is 5.66 Å². The van der Waals surface area contributed by atoms with Crippen molar-refractivity contribution in [2.24, 2.45) is 0 Å². The van der Waals surface area contributed by atoms with E-state index in [9.17, 15) is 0 Å². The molecule has 1 aliphatic rings. The molecule has 2 heteroatoms. The zero-order valence-electron chi connectivity index (χ0n) is 21.5. The monoisotopic (exact) mass is 518 g/mol. The summed E-state index contributed by atoms with van der Waals surface area (Å²) in [4.78, 5) is 0. The van der Waals surface area contributed by atoms with Crippen LogP contribution in [0.3, 0.4) is 0 Å². The Kier molecular flexibility index (Phi) is 9.55.